The van der Waals surface area contributed by atoms with Gasteiger partial charge in [-0.25, -0.2) is 9.59 Å². The maximum atomic E-state index is 13.1. The Morgan fingerprint density at radius 2 is 1.23 bits per heavy atom. The largest absolute Gasteiger partial charge is 0.454 e. The summed E-state index contributed by atoms with van der Waals surface area (Å²) in [6.45, 7) is 7.62. The van der Waals surface area contributed by atoms with Gasteiger partial charge in [-0.1, -0.05) is 24.3 Å². The smallest absolute Gasteiger partial charge is 0.338 e. The van der Waals surface area contributed by atoms with Gasteiger partial charge >= 0.3 is 11.9 Å². The molecule has 1 aliphatic heterocycles. The fourth-order valence-corrected chi connectivity index (χ4v) is 4.46. The predicted octanol–water partition coefficient (Wildman–Crippen LogP) is 3.88. The van der Waals surface area contributed by atoms with Crippen molar-refractivity contribution in [2.45, 2.75) is 40.7 Å². The van der Waals surface area contributed by atoms with Crippen molar-refractivity contribution >= 4 is 46.9 Å². The maximum absolute atomic E-state index is 13.1. The lowest BCUT2D eigenvalue weighted by atomic mass is 10.1. The molecule has 0 saturated heterocycles. The normalized spacial score (nSPS) is 12.8. The van der Waals surface area contributed by atoms with Crippen LogP contribution >= 0.6 is 0 Å². The number of carbonyl (C=O) groups excluding carboxylic acids is 6. The van der Waals surface area contributed by atoms with E-state index < -0.39 is 54.8 Å². The number of rotatable bonds is 9. The Kier molecular flexibility index (Phi) is 9.03. The molecule has 11 heteroatoms. The summed E-state index contributed by atoms with van der Waals surface area (Å²) in [6, 6.07) is 13.2. The Morgan fingerprint density at radius 1 is 0.721 bits per heavy atom. The fourth-order valence-electron chi connectivity index (χ4n) is 4.46. The van der Waals surface area contributed by atoms with E-state index in [1.165, 1.54) is 25.1 Å². The first-order chi connectivity index (χ1) is 20.4. The highest BCUT2D eigenvalue weighted by Gasteiger charge is 2.42. The number of hydrogen-bond donors (Lipinski definition) is 2. The number of fused-ring (bicyclic) bond motifs is 1. The molecule has 0 spiro atoms. The minimum absolute atomic E-state index is 0.0125. The molecule has 11 nitrogen and oxygen atoms in total. The van der Waals surface area contributed by atoms with Gasteiger partial charge in [0.25, 0.3) is 23.6 Å². The molecule has 0 saturated carbocycles. The average molecular weight is 586 g/mol. The highest BCUT2D eigenvalue weighted by Crippen LogP contribution is 2.27. The highest BCUT2D eigenvalue weighted by molar-refractivity contribution is 6.23. The second kappa shape index (κ2) is 12.7. The van der Waals surface area contributed by atoms with Gasteiger partial charge < -0.3 is 20.1 Å². The van der Waals surface area contributed by atoms with Crippen molar-refractivity contribution in [1.82, 2.24) is 4.90 Å². The number of carbonyl (C=O) groups is 6. The molecule has 0 bridgehead atoms. The fraction of sp³-hybridized carbons (Fsp3) is 0.250. The van der Waals surface area contributed by atoms with Gasteiger partial charge in [0.1, 0.15) is 6.04 Å². The van der Waals surface area contributed by atoms with Crippen LogP contribution in [0.2, 0.25) is 0 Å². The average Bonchev–Trinajstić information content (AvgIpc) is 3.23. The van der Waals surface area contributed by atoms with Crippen molar-refractivity contribution in [3.05, 3.63) is 93.5 Å². The molecule has 0 unspecified atom stereocenters. The van der Waals surface area contributed by atoms with Crippen LogP contribution in [0.25, 0.3) is 0 Å². The van der Waals surface area contributed by atoms with Crippen LogP contribution < -0.4 is 10.6 Å². The molecule has 0 radical (unpaired) electrons. The van der Waals surface area contributed by atoms with Crippen LogP contribution in [0.15, 0.2) is 54.6 Å². The molecule has 222 valence electrons. The summed E-state index contributed by atoms with van der Waals surface area (Å²) < 4.78 is 10.2. The van der Waals surface area contributed by atoms with E-state index in [0.717, 1.165) is 22.3 Å². The number of esters is 2. The van der Waals surface area contributed by atoms with Gasteiger partial charge in [0.05, 0.1) is 16.7 Å². The molecule has 43 heavy (non-hydrogen) atoms. The summed E-state index contributed by atoms with van der Waals surface area (Å²) in [5, 5.41) is 5.35. The quantitative estimate of drug-likeness (QED) is 0.284. The Hall–Kier alpha value is -5.32. The van der Waals surface area contributed by atoms with Crippen LogP contribution in [0.4, 0.5) is 11.4 Å². The molecule has 4 rings (SSSR count). The lowest BCUT2D eigenvalue weighted by Gasteiger charge is -2.20. The summed E-state index contributed by atoms with van der Waals surface area (Å²) in [5.41, 5.74) is 4.71. The van der Waals surface area contributed by atoms with E-state index in [1.807, 2.05) is 39.8 Å². The van der Waals surface area contributed by atoms with E-state index in [-0.39, 0.29) is 16.7 Å². The van der Waals surface area contributed by atoms with Gasteiger partial charge in [0.15, 0.2) is 13.2 Å². The van der Waals surface area contributed by atoms with Gasteiger partial charge in [-0.15, -0.1) is 0 Å². The van der Waals surface area contributed by atoms with E-state index in [9.17, 15) is 28.8 Å². The number of nitrogens with zero attached hydrogens (tertiary/aromatic N) is 1. The Balaban J connectivity index is 1.34. The second-order valence-corrected chi connectivity index (χ2v) is 10.2. The van der Waals surface area contributed by atoms with Crippen molar-refractivity contribution in [3.63, 3.8) is 0 Å². The zero-order valence-electron chi connectivity index (χ0n) is 24.4. The number of hydrogen-bond acceptors (Lipinski definition) is 8. The molecule has 3 aromatic rings. The lowest BCUT2D eigenvalue weighted by molar-refractivity contribution is -0.150. The van der Waals surface area contributed by atoms with Crippen molar-refractivity contribution < 1.29 is 38.2 Å². The topological polar surface area (TPSA) is 148 Å². The number of benzene rings is 3. The molecular weight excluding hydrogens is 554 g/mol. The Morgan fingerprint density at radius 3 is 1.79 bits per heavy atom. The van der Waals surface area contributed by atoms with Crippen LogP contribution in [0.5, 0.6) is 0 Å². The minimum atomic E-state index is -1.34. The summed E-state index contributed by atoms with van der Waals surface area (Å²) in [6.07, 6.45) is 0. The van der Waals surface area contributed by atoms with Crippen molar-refractivity contribution in [1.29, 1.82) is 0 Å². The molecule has 0 aromatic heterocycles. The van der Waals surface area contributed by atoms with Gasteiger partial charge in [0, 0.05) is 11.4 Å². The maximum Gasteiger partial charge on any atom is 0.338 e. The highest BCUT2D eigenvalue weighted by atomic mass is 16.5. The number of imide groups is 1. The van der Waals surface area contributed by atoms with Crippen LogP contribution in [0, 0.1) is 27.7 Å². The molecule has 1 heterocycles. The molecule has 2 N–H and O–H groups in total. The van der Waals surface area contributed by atoms with E-state index >= 15 is 0 Å². The number of amides is 4. The number of nitrogens with one attached hydrogen (secondary N) is 2. The standard InChI is InChI=1S/C32H31N3O8/c1-17-8-6-10-25(19(17)3)33-27(36)15-42-31(40)21(5)35-29(38)23-13-12-22(14-24(23)30(35)39)32(41)43-16-28(37)34-26-11-7-9-18(2)20(26)4/h6-14,21H,15-16H2,1-5H3,(H,33,36)(H,34,37)/t21-/m1/s1. The molecule has 1 atom stereocenters. The van der Waals surface area contributed by atoms with Crippen molar-refractivity contribution in [2.75, 3.05) is 23.8 Å². The van der Waals surface area contributed by atoms with Crippen LogP contribution in [-0.2, 0) is 23.9 Å². The second-order valence-electron chi connectivity index (χ2n) is 10.2. The SMILES string of the molecule is Cc1cccc(NC(=O)COC(=O)c2ccc3c(c2)C(=O)N([C@H](C)C(=O)OCC(=O)Nc2cccc(C)c2C)C3=O)c1C. The molecular formula is C32H31N3O8. The number of ether oxygens (including phenoxy) is 2. The van der Waals surface area contributed by atoms with Crippen LogP contribution in [0.1, 0.15) is 60.3 Å². The third-order valence-electron chi connectivity index (χ3n) is 7.32. The van der Waals surface area contributed by atoms with Gasteiger partial charge in [-0.3, -0.25) is 24.1 Å². The van der Waals surface area contributed by atoms with Gasteiger partial charge in [-0.2, -0.15) is 0 Å². The van der Waals surface area contributed by atoms with Crippen LogP contribution in [-0.4, -0.2) is 59.7 Å². The summed E-state index contributed by atoms with van der Waals surface area (Å²) in [7, 11) is 0. The third-order valence-corrected chi connectivity index (χ3v) is 7.32. The van der Waals surface area contributed by atoms with Crippen LogP contribution in [0.3, 0.4) is 0 Å². The van der Waals surface area contributed by atoms with E-state index in [1.54, 1.807) is 24.3 Å². The van der Waals surface area contributed by atoms with Crippen molar-refractivity contribution in [2.24, 2.45) is 0 Å². The Labute approximate surface area is 248 Å². The third kappa shape index (κ3) is 6.61. The zero-order valence-corrected chi connectivity index (χ0v) is 24.4. The first-order valence-corrected chi connectivity index (χ1v) is 13.5. The number of aryl methyl sites for hydroxylation is 2. The minimum Gasteiger partial charge on any atom is -0.454 e. The summed E-state index contributed by atoms with van der Waals surface area (Å²) >= 11 is 0. The zero-order chi connectivity index (χ0) is 31.4. The lowest BCUT2D eigenvalue weighted by Crippen LogP contribution is -2.44. The molecule has 1 aliphatic rings. The monoisotopic (exact) mass is 585 g/mol. The van der Waals surface area contributed by atoms with Crippen molar-refractivity contribution in [3.8, 4) is 0 Å². The first kappa shape index (κ1) is 30.6. The van der Waals surface area contributed by atoms with E-state index in [0.29, 0.717) is 16.3 Å². The van der Waals surface area contributed by atoms with Gasteiger partial charge in [-0.05, 0) is 87.2 Å². The molecule has 0 fully saturated rings. The molecule has 4 amide bonds. The molecule has 3 aromatic carbocycles. The number of anilines is 2. The Bertz CT molecular complexity index is 1660. The summed E-state index contributed by atoms with van der Waals surface area (Å²) in [5.74, 6) is -4.53. The van der Waals surface area contributed by atoms with E-state index in [4.69, 9.17) is 9.47 Å². The first-order valence-electron chi connectivity index (χ1n) is 13.5. The van der Waals surface area contributed by atoms with E-state index in [2.05, 4.69) is 10.6 Å². The predicted molar refractivity (Wildman–Crippen MR) is 157 cm³/mol. The molecule has 0 aliphatic carbocycles. The summed E-state index contributed by atoms with van der Waals surface area (Å²) in [4.78, 5) is 76.8. The van der Waals surface area contributed by atoms with Gasteiger partial charge in [0.2, 0.25) is 0 Å².